The van der Waals surface area contributed by atoms with E-state index in [0.29, 0.717) is 16.8 Å². The molecule has 3 aromatic carbocycles. The number of hydrogen-bond donors (Lipinski definition) is 6. The summed E-state index contributed by atoms with van der Waals surface area (Å²) in [5.41, 5.74) is 2.62. The van der Waals surface area contributed by atoms with Gasteiger partial charge in [-0.1, -0.05) is 30.0 Å². The topological polar surface area (TPSA) is 140 Å². The smallest absolute Gasteiger partial charge is 0.391 e. The number of hydroxylamine groups is 1. The van der Waals surface area contributed by atoms with Gasteiger partial charge in [0.2, 0.25) is 5.91 Å². The van der Waals surface area contributed by atoms with Crippen LogP contribution in [0.3, 0.4) is 0 Å². The average molecular weight is 569 g/mol. The highest BCUT2D eigenvalue weighted by molar-refractivity contribution is 5.97. The molecule has 3 amide bonds. The third-order valence-electron chi connectivity index (χ3n) is 5.75. The van der Waals surface area contributed by atoms with Crippen LogP contribution in [0.1, 0.15) is 39.5 Å². The van der Waals surface area contributed by atoms with Crippen molar-refractivity contribution in [2.45, 2.75) is 31.8 Å². The van der Waals surface area contributed by atoms with Crippen LogP contribution >= 0.6 is 0 Å². The Morgan fingerprint density at radius 3 is 2.05 bits per heavy atom. The summed E-state index contributed by atoms with van der Waals surface area (Å²) in [5.74, 6) is 3.88. The Morgan fingerprint density at radius 1 is 0.902 bits per heavy atom. The monoisotopic (exact) mass is 568 g/mol. The molecule has 0 unspecified atom stereocenters. The molecule has 12 heteroatoms. The lowest BCUT2D eigenvalue weighted by Crippen LogP contribution is -2.51. The van der Waals surface area contributed by atoms with E-state index < -0.39 is 41.6 Å². The van der Waals surface area contributed by atoms with Crippen LogP contribution in [0.2, 0.25) is 0 Å². The van der Waals surface area contributed by atoms with Crippen molar-refractivity contribution < 1.29 is 37.9 Å². The number of amides is 3. The van der Waals surface area contributed by atoms with Gasteiger partial charge in [-0.15, -0.1) is 0 Å². The molecule has 41 heavy (non-hydrogen) atoms. The zero-order valence-electron chi connectivity index (χ0n) is 21.8. The highest BCUT2D eigenvalue weighted by Gasteiger charge is 2.32. The summed E-state index contributed by atoms with van der Waals surface area (Å²) in [4.78, 5) is 36.1. The number of rotatable bonds is 9. The molecule has 0 radical (unpaired) electrons. The van der Waals surface area contributed by atoms with Gasteiger partial charge in [-0.3, -0.25) is 19.6 Å². The fourth-order valence-electron chi connectivity index (χ4n) is 3.65. The van der Waals surface area contributed by atoms with Crippen LogP contribution < -0.4 is 21.4 Å². The molecule has 0 spiro atoms. The summed E-state index contributed by atoms with van der Waals surface area (Å²) in [6.07, 6.45) is -5.71. The Hall–Kier alpha value is -4.70. The second-order valence-corrected chi connectivity index (χ2v) is 8.88. The first-order valence-corrected chi connectivity index (χ1v) is 12.3. The predicted octanol–water partition coefficient (Wildman–Crippen LogP) is 2.82. The van der Waals surface area contributed by atoms with Gasteiger partial charge in [0.15, 0.2) is 0 Å². The summed E-state index contributed by atoms with van der Waals surface area (Å²) in [7, 11) is 0. The second-order valence-electron chi connectivity index (χ2n) is 8.88. The van der Waals surface area contributed by atoms with Crippen molar-refractivity contribution in [2.24, 2.45) is 0 Å². The van der Waals surface area contributed by atoms with Crippen LogP contribution in [-0.2, 0) is 22.3 Å². The summed E-state index contributed by atoms with van der Waals surface area (Å²) in [5, 5.41) is 26.1. The van der Waals surface area contributed by atoms with Crippen LogP contribution in [0.5, 0.6) is 0 Å². The lowest BCUT2D eigenvalue weighted by Gasteiger charge is -2.19. The van der Waals surface area contributed by atoms with Gasteiger partial charge in [0, 0.05) is 28.9 Å². The average Bonchev–Trinajstić information content (AvgIpc) is 2.95. The third kappa shape index (κ3) is 9.18. The Morgan fingerprint density at radius 2 is 1.49 bits per heavy atom. The molecule has 0 heterocycles. The Balaban J connectivity index is 1.51. The molecular formula is C29H27F3N4O5. The lowest BCUT2D eigenvalue weighted by molar-refractivity contribution is -0.138. The first-order chi connectivity index (χ1) is 19.5. The van der Waals surface area contributed by atoms with E-state index in [4.69, 9.17) is 5.21 Å². The van der Waals surface area contributed by atoms with Gasteiger partial charge in [-0.05, 0) is 67.1 Å². The first kappa shape index (κ1) is 30.8. The molecule has 3 aromatic rings. The van der Waals surface area contributed by atoms with E-state index in [0.717, 1.165) is 6.07 Å². The normalized spacial score (nSPS) is 12.3. The van der Waals surface area contributed by atoms with E-state index in [1.807, 2.05) is 0 Å². The van der Waals surface area contributed by atoms with Crippen molar-refractivity contribution in [1.29, 1.82) is 0 Å². The summed E-state index contributed by atoms with van der Waals surface area (Å²) < 4.78 is 39.3. The van der Waals surface area contributed by atoms with E-state index >= 15 is 0 Å². The standard InChI is InChI=1S/C29H27F3N4O5/c1-18(37)26(28(40)36-41)35-27(39)21-12-8-19(9-13-21)6-7-20-10-14-23(15-11-20)34-25(38)17-33-16-22-4-2-3-5-24(22)29(30,31)32/h2-5,8-15,18,26,33,37,41H,16-17H2,1H3,(H,34,38)(H,35,39)(H,36,40)/t18-,26+/m1/s1. The molecule has 0 bridgehead atoms. The summed E-state index contributed by atoms with van der Waals surface area (Å²) >= 11 is 0. The minimum atomic E-state index is -4.48. The number of anilines is 1. The molecule has 0 fully saturated rings. The molecule has 0 aliphatic heterocycles. The van der Waals surface area contributed by atoms with Crippen LogP contribution in [0, 0.1) is 11.8 Å². The van der Waals surface area contributed by atoms with Gasteiger partial charge in [0.25, 0.3) is 11.8 Å². The lowest BCUT2D eigenvalue weighted by atomic mass is 10.1. The van der Waals surface area contributed by atoms with E-state index in [1.165, 1.54) is 42.7 Å². The molecule has 3 rings (SSSR count). The molecule has 0 saturated heterocycles. The number of aliphatic hydroxyl groups excluding tert-OH is 1. The number of carbonyl (C=O) groups is 3. The van der Waals surface area contributed by atoms with Crippen LogP contribution in [0.4, 0.5) is 18.9 Å². The van der Waals surface area contributed by atoms with Crippen molar-refractivity contribution >= 4 is 23.4 Å². The van der Waals surface area contributed by atoms with Gasteiger partial charge >= 0.3 is 6.18 Å². The molecule has 0 aromatic heterocycles. The number of alkyl halides is 3. The maximum atomic E-state index is 13.1. The Bertz CT molecular complexity index is 1430. The molecule has 6 N–H and O–H groups in total. The molecule has 0 aliphatic carbocycles. The van der Waals surface area contributed by atoms with Gasteiger partial charge in [0.05, 0.1) is 18.2 Å². The summed E-state index contributed by atoms with van der Waals surface area (Å²) in [6.45, 7) is 0.991. The number of carbonyl (C=O) groups excluding carboxylic acids is 3. The maximum Gasteiger partial charge on any atom is 0.416 e. The van der Waals surface area contributed by atoms with E-state index in [9.17, 15) is 32.7 Å². The first-order valence-electron chi connectivity index (χ1n) is 12.3. The van der Waals surface area contributed by atoms with Crippen molar-refractivity contribution in [3.8, 4) is 11.8 Å². The van der Waals surface area contributed by atoms with E-state index in [1.54, 1.807) is 36.4 Å². The van der Waals surface area contributed by atoms with E-state index in [-0.39, 0.29) is 24.2 Å². The maximum absolute atomic E-state index is 13.1. The summed E-state index contributed by atoms with van der Waals surface area (Å²) in [6, 6.07) is 16.6. The largest absolute Gasteiger partial charge is 0.416 e. The Labute approximate surface area is 233 Å². The van der Waals surface area contributed by atoms with E-state index in [2.05, 4.69) is 27.8 Å². The van der Waals surface area contributed by atoms with Crippen LogP contribution in [0.25, 0.3) is 0 Å². The van der Waals surface area contributed by atoms with Crippen molar-refractivity contribution in [2.75, 3.05) is 11.9 Å². The fraction of sp³-hybridized carbons (Fsp3) is 0.207. The highest BCUT2D eigenvalue weighted by Crippen LogP contribution is 2.31. The van der Waals surface area contributed by atoms with Crippen LogP contribution in [-0.4, -0.2) is 46.7 Å². The predicted molar refractivity (Wildman–Crippen MR) is 144 cm³/mol. The molecular weight excluding hydrogens is 541 g/mol. The van der Waals surface area contributed by atoms with Gasteiger partial charge in [0.1, 0.15) is 6.04 Å². The minimum Gasteiger partial charge on any atom is -0.391 e. The minimum absolute atomic E-state index is 0.0469. The zero-order valence-corrected chi connectivity index (χ0v) is 21.8. The fourth-order valence-corrected chi connectivity index (χ4v) is 3.65. The third-order valence-corrected chi connectivity index (χ3v) is 5.75. The van der Waals surface area contributed by atoms with Gasteiger partial charge in [-0.25, -0.2) is 5.48 Å². The molecule has 0 saturated carbocycles. The number of halogens is 3. The number of benzene rings is 3. The highest BCUT2D eigenvalue weighted by atomic mass is 19.4. The molecule has 9 nitrogen and oxygen atoms in total. The molecule has 0 aliphatic rings. The quantitative estimate of drug-likeness (QED) is 0.133. The van der Waals surface area contributed by atoms with Crippen molar-refractivity contribution in [1.82, 2.24) is 16.1 Å². The number of nitrogens with one attached hydrogen (secondary N) is 4. The van der Waals surface area contributed by atoms with Gasteiger partial charge in [-0.2, -0.15) is 13.2 Å². The van der Waals surface area contributed by atoms with Crippen LogP contribution in [0.15, 0.2) is 72.8 Å². The number of aliphatic hydroxyl groups is 1. The van der Waals surface area contributed by atoms with Crippen molar-refractivity contribution in [3.05, 3.63) is 101 Å². The van der Waals surface area contributed by atoms with Gasteiger partial charge < -0.3 is 21.1 Å². The molecule has 2 atom stereocenters. The second kappa shape index (κ2) is 14.1. The Kier molecular flexibility index (Phi) is 10.6. The molecule has 214 valence electrons. The number of hydrogen-bond acceptors (Lipinski definition) is 6. The SMILES string of the molecule is C[C@@H](O)[C@H](NC(=O)c1ccc(C#Cc2ccc(NC(=O)CNCc3ccccc3C(F)(F)F)cc2)cc1)C(=O)NO. The zero-order chi connectivity index (χ0) is 30.0. The van der Waals surface area contributed by atoms with Crippen molar-refractivity contribution in [3.63, 3.8) is 0 Å².